The van der Waals surface area contributed by atoms with Crippen LogP contribution in [0.2, 0.25) is 5.02 Å². The first-order valence-corrected chi connectivity index (χ1v) is 10.2. The van der Waals surface area contributed by atoms with Crippen molar-refractivity contribution in [2.45, 2.75) is 31.7 Å². The van der Waals surface area contributed by atoms with Crippen LogP contribution in [0.4, 0.5) is 0 Å². The highest BCUT2D eigenvalue weighted by Gasteiger charge is 2.25. The molecular formula is C20H27ClN2O4. The van der Waals surface area contributed by atoms with Gasteiger partial charge in [0, 0.05) is 32.3 Å². The van der Waals surface area contributed by atoms with Gasteiger partial charge >= 0.3 is 0 Å². The van der Waals surface area contributed by atoms with E-state index < -0.39 is 0 Å². The molecular weight excluding hydrogens is 368 g/mol. The number of piperidine rings is 1. The van der Waals surface area contributed by atoms with Crippen LogP contribution in [0.3, 0.4) is 0 Å². The molecule has 1 unspecified atom stereocenters. The van der Waals surface area contributed by atoms with E-state index in [-0.39, 0.29) is 11.9 Å². The first-order valence-electron chi connectivity index (χ1n) is 9.85. The number of fused-ring (bicyclic) bond motifs is 1. The predicted molar refractivity (Wildman–Crippen MR) is 103 cm³/mol. The maximum Gasteiger partial charge on any atom is 0.224 e. The van der Waals surface area contributed by atoms with Crippen molar-refractivity contribution in [2.75, 3.05) is 46.1 Å². The summed E-state index contributed by atoms with van der Waals surface area (Å²) in [5, 5.41) is 3.67. The number of rotatable bonds is 5. The number of halogens is 1. The molecule has 7 heteroatoms. The zero-order valence-corrected chi connectivity index (χ0v) is 16.3. The summed E-state index contributed by atoms with van der Waals surface area (Å²) in [7, 11) is 0. The van der Waals surface area contributed by atoms with Crippen molar-refractivity contribution in [3.8, 4) is 11.5 Å². The van der Waals surface area contributed by atoms with Crippen molar-refractivity contribution < 1.29 is 19.0 Å². The van der Waals surface area contributed by atoms with Crippen LogP contribution in [0.25, 0.3) is 0 Å². The number of nitrogens with one attached hydrogen (secondary N) is 1. The lowest BCUT2D eigenvalue weighted by atomic mass is 10.0. The van der Waals surface area contributed by atoms with E-state index >= 15 is 0 Å². The Morgan fingerprint density at radius 1 is 1.15 bits per heavy atom. The van der Waals surface area contributed by atoms with Crippen LogP contribution in [-0.2, 0) is 16.0 Å². The van der Waals surface area contributed by atoms with Crippen LogP contribution >= 0.6 is 11.6 Å². The van der Waals surface area contributed by atoms with Gasteiger partial charge in [-0.05, 0) is 42.9 Å². The summed E-state index contributed by atoms with van der Waals surface area (Å²) < 4.78 is 16.6. The third kappa shape index (κ3) is 4.86. The monoisotopic (exact) mass is 394 g/mol. The number of likely N-dealkylation sites (tertiary alicyclic amines) is 1. The Morgan fingerprint density at radius 2 is 1.96 bits per heavy atom. The Labute approximate surface area is 165 Å². The van der Waals surface area contributed by atoms with Gasteiger partial charge in [-0.2, -0.15) is 0 Å². The molecule has 3 aliphatic heterocycles. The highest BCUT2D eigenvalue weighted by molar-refractivity contribution is 6.32. The minimum absolute atomic E-state index is 0.0328. The normalized spacial score (nSPS) is 23.4. The van der Waals surface area contributed by atoms with Crippen molar-refractivity contribution in [2.24, 2.45) is 5.92 Å². The van der Waals surface area contributed by atoms with Crippen LogP contribution in [0, 0.1) is 5.92 Å². The molecule has 2 fully saturated rings. The van der Waals surface area contributed by atoms with Gasteiger partial charge in [-0.15, -0.1) is 0 Å². The fraction of sp³-hybridized carbons (Fsp3) is 0.650. The van der Waals surface area contributed by atoms with Crippen LogP contribution in [0.5, 0.6) is 11.5 Å². The van der Waals surface area contributed by atoms with Gasteiger partial charge < -0.3 is 24.4 Å². The maximum atomic E-state index is 12.5. The second-order valence-corrected chi connectivity index (χ2v) is 8.06. The lowest BCUT2D eigenvalue weighted by molar-refractivity contribution is -0.121. The Hall–Kier alpha value is -1.50. The summed E-state index contributed by atoms with van der Waals surface area (Å²) in [5.41, 5.74) is 0.848. The minimum atomic E-state index is 0.0328. The molecule has 0 bridgehead atoms. The van der Waals surface area contributed by atoms with Crippen molar-refractivity contribution in [3.05, 3.63) is 22.7 Å². The van der Waals surface area contributed by atoms with Crippen LogP contribution in [0.1, 0.15) is 24.8 Å². The number of hydrogen-bond donors (Lipinski definition) is 1. The van der Waals surface area contributed by atoms with Gasteiger partial charge in [0.25, 0.3) is 0 Å². The molecule has 27 heavy (non-hydrogen) atoms. The van der Waals surface area contributed by atoms with Crippen molar-refractivity contribution in [1.29, 1.82) is 0 Å². The van der Waals surface area contributed by atoms with Crippen LogP contribution < -0.4 is 14.8 Å². The van der Waals surface area contributed by atoms with Gasteiger partial charge in [-0.25, -0.2) is 0 Å². The van der Waals surface area contributed by atoms with E-state index in [2.05, 4.69) is 10.2 Å². The van der Waals surface area contributed by atoms with Gasteiger partial charge in [0.2, 0.25) is 5.91 Å². The minimum Gasteiger partial charge on any atom is -0.486 e. The highest BCUT2D eigenvalue weighted by atomic mass is 35.5. The maximum absolute atomic E-state index is 12.5. The predicted octanol–water partition coefficient (Wildman–Crippen LogP) is 2.27. The second-order valence-electron chi connectivity index (χ2n) is 7.65. The molecule has 1 amide bonds. The van der Waals surface area contributed by atoms with E-state index in [9.17, 15) is 4.79 Å². The average Bonchev–Trinajstić information content (AvgIpc) is 3.16. The summed E-state index contributed by atoms with van der Waals surface area (Å²) in [5.74, 6) is 1.91. The lowest BCUT2D eigenvalue weighted by Crippen LogP contribution is -2.46. The third-order valence-corrected chi connectivity index (χ3v) is 5.80. The van der Waals surface area contributed by atoms with E-state index in [1.165, 1.54) is 6.42 Å². The number of ether oxygens (including phenoxy) is 3. The number of amides is 1. The number of carbonyl (C=O) groups excluding carboxylic acids is 1. The third-order valence-electron chi connectivity index (χ3n) is 5.51. The molecule has 1 aromatic rings. The molecule has 6 nitrogen and oxygen atoms in total. The quantitative estimate of drug-likeness (QED) is 0.830. The Balaban J connectivity index is 1.25. The molecule has 1 atom stereocenters. The molecule has 3 aliphatic rings. The van der Waals surface area contributed by atoms with Crippen LogP contribution in [0.15, 0.2) is 12.1 Å². The molecule has 4 rings (SSSR count). The molecule has 0 radical (unpaired) electrons. The lowest BCUT2D eigenvalue weighted by Gasteiger charge is -2.33. The Morgan fingerprint density at radius 3 is 2.74 bits per heavy atom. The van der Waals surface area contributed by atoms with E-state index in [1.807, 2.05) is 6.07 Å². The summed E-state index contributed by atoms with van der Waals surface area (Å²) in [6.45, 7) is 6.00. The van der Waals surface area contributed by atoms with Gasteiger partial charge in [-0.1, -0.05) is 11.6 Å². The first kappa shape index (κ1) is 18.8. The topological polar surface area (TPSA) is 60.0 Å². The van der Waals surface area contributed by atoms with E-state index in [1.54, 1.807) is 6.07 Å². The molecule has 148 valence electrons. The standard InChI is InChI=1S/C20H27ClN2O4/c21-17-9-15(10-18-20(17)27-8-7-26-18)11-19(24)22-16-1-4-23(5-2-16)12-14-3-6-25-13-14/h9-10,14,16H,1-8,11-13H2,(H,22,24). The zero-order chi connectivity index (χ0) is 18.6. The number of benzene rings is 1. The smallest absolute Gasteiger partial charge is 0.224 e. The number of carbonyl (C=O) groups is 1. The first-order chi connectivity index (χ1) is 13.2. The van der Waals surface area contributed by atoms with Gasteiger partial charge in [-0.3, -0.25) is 4.79 Å². The second kappa shape index (κ2) is 8.67. The average molecular weight is 395 g/mol. The van der Waals surface area contributed by atoms with Gasteiger partial charge in [0.05, 0.1) is 18.1 Å². The molecule has 1 N–H and O–H groups in total. The largest absolute Gasteiger partial charge is 0.486 e. The molecule has 0 saturated carbocycles. The SMILES string of the molecule is O=C(Cc1cc(Cl)c2c(c1)OCCO2)NC1CCN(CC2CCOC2)CC1. The fourth-order valence-electron chi connectivity index (χ4n) is 4.08. The molecule has 3 heterocycles. The van der Waals surface area contributed by atoms with Gasteiger partial charge in [0.15, 0.2) is 11.5 Å². The summed E-state index contributed by atoms with van der Waals surface area (Å²) >= 11 is 6.26. The highest BCUT2D eigenvalue weighted by Crippen LogP contribution is 2.38. The summed E-state index contributed by atoms with van der Waals surface area (Å²) in [6, 6.07) is 3.90. The molecule has 0 aliphatic carbocycles. The van der Waals surface area contributed by atoms with Crippen LogP contribution in [-0.4, -0.2) is 62.9 Å². The van der Waals surface area contributed by atoms with Crippen molar-refractivity contribution in [1.82, 2.24) is 10.2 Å². The van der Waals surface area contributed by atoms with E-state index in [4.69, 9.17) is 25.8 Å². The summed E-state index contributed by atoms with van der Waals surface area (Å²) in [6.07, 6.45) is 3.48. The molecule has 0 aromatic heterocycles. The Kier molecular flexibility index (Phi) is 6.05. The summed E-state index contributed by atoms with van der Waals surface area (Å²) in [4.78, 5) is 15.0. The zero-order valence-electron chi connectivity index (χ0n) is 15.5. The molecule has 0 spiro atoms. The fourth-order valence-corrected chi connectivity index (χ4v) is 4.37. The number of hydrogen-bond acceptors (Lipinski definition) is 5. The van der Waals surface area contributed by atoms with Gasteiger partial charge in [0.1, 0.15) is 13.2 Å². The molecule has 2 saturated heterocycles. The Bertz CT molecular complexity index is 670. The number of nitrogens with zero attached hydrogens (tertiary/aromatic N) is 1. The van der Waals surface area contributed by atoms with Crippen molar-refractivity contribution >= 4 is 17.5 Å². The van der Waals surface area contributed by atoms with Crippen molar-refractivity contribution in [3.63, 3.8) is 0 Å². The van der Waals surface area contributed by atoms with E-state index in [0.29, 0.717) is 42.1 Å². The molecule has 1 aromatic carbocycles. The van der Waals surface area contributed by atoms with E-state index in [0.717, 1.165) is 51.3 Å².